The van der Waals surface area contributed by atoms with Crippen molar-refractivity contribution in [2.75, 3.05) is 5.73 Å². The Kier molecular flexibility index (Phi) is 2.63. The molecule has 0 aliphatic carbocycles. The van der Waals surface area contributed by atoms with E-state index >= 15 is 0 Å². The molecule has 2 N–H and O–H groups in total. The van der Waals surface area contributed by atoms with Gasteiger partial charge in [0.05, 0.1) is 23.1 Å². The van der Waals surface area contributed by atoms with E-state index in [2.05, 4.69) is 19.6 Å². The van der Waals surface area contributed by atoms with Gasteiger partial charge < -0.3 is 14.8 Å². The minimum Gasteiger partial charge on any atom is -0.369 e. The molecular weight excluding hydrogens is 275 g/mol. The quantitative estimate of drug-likeness (QED) is 0.778. The minimum atomic E-state index is -4.42. The van der Waals surface area contributed by atoms with Crippen molar-refractivity contribution in [2.45, 2.75) is 12.7 Å². The molecule has 0 saturated heterocycles. The number of rotatable bonds is 2. The Hall–Kier alpha value is -2.58. The summed E-state index contributed by atoms with van der Waals surface area (Å²) in [6.07, 6.45) is -3.26. The summed E-state index contributed by atoms with van der Waals surface area (Å²) in [6, 6.07) is 3.26. The van der Waals surface area contributed by atoms with Crippen LogP contribution >= 0.6 is 0 Å². The van der Waals surface area contributed by atoms with Crippen molar-refractivity contribution < 1.29 is 17.7 Å². The van der Waals surface area contributed by atoms with Gasteiger partial charge in [-0.05, 0) is 18.2 Å². The Morgan fingerprint density at radius 2 is 2.10 bits per heavy atom. The molecule has 0 saturated carbocycles. The van der Waals surface area contributed by atoms with Gasteiger partial charge in [0, 0.05) is 0 Å². The molecule has 0 atom stereocenters. The zero-order chi connectivity index (χ0) is 14.3. The molecule has 0 amide bonds. The summed E-state index contributed by atoms with van der Waals surface area (Å²) >= 11 is 0. The molecule has 3 rings (SSSR count). The number of aromatic nitrogens is 4. The van der Waals surface area contributed by atoms with E-state index in [1.165, 1.54) is 10.6 Å². The maximum Gasteiger partial charge on any atom is 0.416 e. The molecule has 20 heavy (non-hydrogen) atoms. The van der Waals surface area contributed by atoms with Crippen LogP contribution in [0.4, 0.5) is 19.1 Å². The summed E-state index contributed by atoms with van der Waals surface area (Å²) in [5.41, 5.74) is 5.58. The van der Waals surface area contributed by atoms with Crippen LogP contribution in [0.15, 0.2) is 29.1 Å². The Balaban J connectivity index is 2.08. The largest absolute Gasteiger partial charge is 0.416 e. The molecule has 1 aromatic carbocycles. The summed E-state index contributed by atoms with van der Waals surface area (Å²) in [6.45, 7) is 0.171. The minimum absolute atomic E-state index is 0.0872. The van der Waals surface area contributed by atoms with Crippen LogP contribution in [0, 0.1) is 0 Å². The van der Waals surface area contributed by atoms with E-state index in [0.717, 1.165) is 18.5 Å². The Bertz CT molecular complexity index is 747. The third kappa shape index (κ3) is 2.06. The Morgan fingerprint density at radius 1 is 1.30 bits per heavy atom. The Labute approximate surface area is 110 Å². The van der Waals surface area contributed by atoms with E-state index in [1.54, 1.807) is 0 Å². The van der Waals surface area contributed by atoms with Crippen molar-refractivity contribution >= 4 is 17.0 Å². The zero-order valence-electron chi connectivity index (χ0n) is 9.92. The van der Waals surface area contributed by atoms with Gasteiger partial charge >= 0.3 is 6.18 Å². The van der Waals surface area contributed by atoms with E-state index in [-0.39, 0.29) is 18.0 Å². The van der Waals surface area contributed by atoms with Gasteiger partial charge in [-0.25, -0.2) is 4.98 Å². The van der Waals surface area contributed by atoms with Crippen molar-refractivity contribution in [3.8, 4) is 0 Å². The van der Waals surface area contributed by atoms with Crippen LogP contribution in [0.5, 0.6) is 0 Å². The van der Waals surface area contributed by atoms with Gasteiger partial charge in [0.1, 0.15) is 0 Å². The second kappa shape index (κ2) is 4.22. The van der Waals surface area contributed by atoms with Crippen LogP contribution < -0.4 is 5.73 Å². The van der Waals surface area contributed by atoms with Crippen LogP contribution in [-0.2, 0) is 12.7 Å². The fourth-order valence-corrected chi connectivity index (χ4v) is 1.89. The second-order valence-corrected chi connectivity index (χ2v) is 4.10. The van der Waals surface area contributed by atoms with Crippen LogP contribution in [0.3, 0.4) is 0 Å². The number of hydrogen-bond donors (Lipinski definition) is 1. The first-order valence-corrected chi connectivity index (χ1v) is 5.53. The lowest BCUT2D eigenvalue weighted by molar-refractivity contribution is -0.137. The molecule has 0 bridgehead atoms. The van der Waals surface area contributed by atoms with Crippen molar-refractivity contribution in [1.29, 1.82) is 0 Å². The number of alkyl halides is 3. The monoisotopic (exact) mass is 283 g/mol. The van der Waals surface area contributed by atoms with E-state index < -0.39 is 11.7 Å². The van der Waals surface area contributed by atoms with Gasteiger partial charge in [0.25, 0.3) is 0 Å². The topological polar surface area (TPSA) is 82.8 Å². The second-order valence-electron chi connectivity index (χ2n) is 4.10. The lowest BCUT2D eigenvalue weighted by Gasteiger charge is -2.06. The fraction of sp³-hybridized carbons (Fsp3) is 0.182. The van der Waals surface area contributed by atoms with Crippen LogP contribution in [0.2, 0.25) is 0 Å². The number of nitrogens with zero attached hydrogens (tertiary/aromatic N) is 4. The average molecular weight is 283 g/mol. The summed E-state index contributed by atoms with van der Waals surface area (Å²) in [5.74, 6) is 0.444. The van der Waals surface area contributed by atoms with Gasteiger partial charge in [-0.2, -0.15) is 18.2 Å². The first-order valence-electron chi connectivity index (χ1n) is 5.53. The molecular formula is C11H8F3N5O. The predicted molar refractivity (Wildman–Crippen MR) is 62.5 cm³/mol. The molecule has 104 valence electrons. The highest BCUT2D eigenvalue weighted by atomic mass is 19.4. The molecule has 0 aliphatic rings. The molecule has 0 spiro atoms. The SMILES string of the molecule is Nc1nc2cc(C(F)(F)F)ccc2n1Cc1ncon1. The van der Waals surface area contributed by atoms with Gasteiger partial charge in [-0.15, -0.1) is 0 Å². The number of anilines is 1. The third-order valence-corrected chi connectivity index (χ3v) is 2.81. The summed E-state index contributed by atoms with van der Waals surface area (Å²) < 4.78 is 44.0. The summed E-state index contributed by atoms with van der Waals surface area (Å²) in [4.78, 5) is 7.76. The van der Waals surface area contributed by atoms with Crippen LogP contribution in [0.25, 0.3) is 11.0 Å². The molecule has 2 aromatic heterocycles. The molecule has 0 aliphatic heterocycles. The van der Waals surface area contributed by atoms with Gasteiger partial charge in [0.15, 0.2) is 5.82 Å². The predicted octanol–water partition coefficient (Wildman–Crippen LogP) is 2.07. The van der Waals surface area contributed by atoms with Crippen molar-refractivity contribution in [3.63, 3.8) is 0 Å². The highest BCUT2D eigenvalue weighted by Gasteiger charge is 2.31. The lowest BCUT2D eigenvalue weighted by Crippen LogP contribution is -2.06. The summed E-state index contributed by atoms with van der Waals surface area (Å²) in [5, 5.41) is 3.63. The van der Waals surface area contributed by atoms with Crippen LogP contribution in [0.1, 0.15) is 11.4 Å². The molecule has 2 heterocycles. The number of hydrogen-bond acceptors (Lipinski definition) is 5. The van der Waals surface area contributed by atoms with E-state index in [0.29, 0.717) is 11.3 Å². The first kappa shape index (κ1) is 12.5. The highest BCUT2D eigenvalue weighted by Crippen LogP contribution is 2.31. The zero-order valence-corrected chi connectivity index (χ0v) is 9.92. The number of halogens is 3. The summed E-state index contributed by atoms with van der Waals surface area (Å²) in [7, 11) is 0. The number of nitrogen functional groups attached to an aromatic ring is 1. The fourth-order valence-electron chi connectivity index (χ4n) is 1.89. The molecule has 9 heteroatoms. The lowest BCUT2D eigenvalue weighted by atomic mass is 10.2. The first-order chi connectivity index (χ1) is 9.45. The molecule has 0 unspecified atom stereocenters. The molecule has 0 radical (unpaired) electrons. The standard InChI is InChI=1S/C11H8F3N5O/c12-11(13,14)6-1-2-8-7(3-6)17-10(15)19(8)4-9-16-5-20-18-9/h1-3,5H,4H2,(H2,15,17). The molecule has 3 aromatic rings. The van der Waals surface area contributed by atoms with E-state index in [9.17, 15) is 13.2 Å². The van der Waals surface area contributed by atoms with Crippen molar-refractivity contribution in [3.05, 3.63) is 36.0 Å². The molecule has 0 fully saturated rings. The number of nitrogens with two attached hydrogens (primary N) is 1. The van der Waals surface area contributed by atoms with Crippen molar-refractivity contribution in [2.24, 2.45) is 0 Å². The van der Waals surface area contributed by atoms with E-state index in [4.69, 9.17) is 5.73 Å². The smallest absolute Gasteiger partial charge is 0.369 e. The maximum atomic E-state index is 12.6. The van der Waals surface area contributed by atoms with Gasteiger partial charge in [0.2, 0.25) is 12.3 Å². The maximum absolute atomic E-state index is 12.6. The number of imidazole rings is 1. The van der Waals surface area contributed by atoms with Crippen molar-refractivity contribution in [1.82, 2.24) is 19.7 Å². The highest BCUT2D eigenvalue weighted by molar-refractivity contribution is 5.79. The number of benzene rings is 1. The van der Waals surface area contributed by atoms with Gasteiger partial charge in [-0.1, -0.05) is 5.16 Å². The number of fused-ring (bicyclic) bond motifs is 1. The van der Waals surface area contributed by atoms with Gasteiger partial charge in [-0.3, -0.25) is 0 Å². The Morgan fingerprint density at radius 3 is 2.75 bits per heavy atom. The normalized spacial score (nSPS) is 12.2. The average Bonchev–Trinajstić information content (AvgIpc) is 2.97. The van der Waals surface area contributed by atoms with Crippen LogP contribution in [-0.4, -0.2) is 19.7 Å². The molecule has 6 nitrogen and oxygen atoms in total. The van der Waals surface area contributed by atoms with E-state index in [1.807, 2.05) is 0 Å². The third-order valence-electron chi connectivity index (χ3n) is 2.81.